The summed E-state index contributed by atoms with van der Waals surface area (Å²) in [6.07, 6.45) is 3.79. The van der Waals surface area contributed by atoms with Gasteiger partial charge >= 0.3 is 0 Å². The highest BCUT2D eigenvalue weighted by molar-refractivity contribution is 14.0. The van der Waals surface area contributed by atoms with Crippen LogP contribution in [0.5, 0.6) is 0 Å². The van der Waals surface area contributed by atoms with Crippen molar-refractivity contribution in [3.8, 4) is 11.5 Å². The molecular weight excluding hydrogens is 459 g/mol. The van der Waals surface area contributed by atoms with E-state index in [-0.39, 0.29) is 28.7 Å². The number of aryl methyl sites for hydroxylation is 1. The number of halogens is 1. The van der Waals surface area contributed by atoms with Crippen molar-refractivity contribution in [2.75, 3.05) is 19.3 Å². The highest BCUT2D eigenvalue weighted by Gasteiger charge is 2.16. The predicted molar refractivity (Wildman–Crippen MR) is 123 cm³/mol. The second-order valence-corrected chi connectivity index (χ2v) is 8.04. The van der Waals surface area contributed by atoms with Crippen LogP contribution in [0.3, 0.4) is 0 Å². The molecule has 0 aliphatic carbocycles. The lowest BCUT2D eigenvalue weighted by atomic mass is 10.1. The van der Waals surface area contributed by atoms with E-state index in [1.165, 1.54) is 5.56 Å². The minimum absolute atomic E-state index is 0. The number of nitrogens with zero attached hydrogens (tertiary/aromatic N) is 2. The van der Waals surface area contributed by atoms with Crippen LogP contribution in [0.2, 0.25) is 0 Å². The maximum atomic E-state index is 5.59. The third kappa shape index (κ3) is 7.19. The first-order valence-electron chi connectivity index (χ1n) is 8.52. The lowest BCUT2D eigenvalue weighted by Crippen LogP contribution is -2.43. The number of hydrogen-bond donors (Lipinski definition) is 2. The average molecular weight is 488 g/mol. The van der Waals surface area contributed by atoms with Crippen molar-refractivity contribution in [1.82, 2.24) is 15.6 Å². The summed E-state index contributed by atoms with van der Waals surface area (Å²) >= 11 is 1.83. The summed E-state index contributed by atoms with van der Waals surface area (Å²) in [5, 5.41) is 6.65. The monoisotopic (exact) mass is 488 g/mol. The van der Waals surface area contributed by atoms with Crippen LogP contribution in [0, 0.1) is 6.92 Å². The number of aliphatic imine (C=N–C) groups is 1. The van der Waals surface area contributed by atoms with Gasteiger partial charge in [-0.3, -0.25) is 0 Å². The van der Waals surface area contributed by atoms with E-state index in [2.05, 4.69) is 66.7 Å². The molecule has 5 nitrogen and oxygen atoms in total. The second-order valence-electron chi connectivity index (χ2n) is 6.52. The van der Waals surface area contributed by atoms with E-state index in [4.69, 9.17) is 4.42 Å². The maximum Gasteiger partial charge on any atom is 0.226 e. The van der Waals surface area contributed by atoms with Crippen LogP contribution in [0.25, 0.3) is 11.5 Å². The van der Waals surface area contributed by atoms with Gasteiger partial charge in [-0.15, -0.1) is 24.0 Å². The lowest BCUT2D eigenvalue weighted by Gasteiger charge is -2.23. The molecule has 144 valence electrons. The summed E-state index contributed by atoms with van der Waals surface area (Å²) in [5.41, 5.74) is 3.01. The number of nitrogens with one attached hydrogen (secondary N) is 2. The Hall–Kier alpha value is -1.22. The van der Waals surface area contributed by atoms with Crippen LogP contribution >= 0.6 is 35.7 Å². The smallest absolute Gasteiger partial charge is 0.226 e. The van der Waals surface area contributed by atoms with Crippen LogP contribution in [-0.4, -0.2) is 35.0 Å². The molecule has 7 heteroatoms. The van der Waals surface area contributed by atoms with E-state index >= 15 is 0 Å². The Morgan fingerprint density at radius 3 is 2.54 bits per heavy atom. The molecule has 0 aliphatic heterocycles. The van der Waals surface area contributed by atoms with E-state index in [0.717, 1.165) is 30.3 Å². The predicted octanol–water partition coefficient (Wildman–Crippen LogP) is 4.46. The fraction of sp³-hybridized carbons (Fsp3) is 0.474. The Labute approximate surface area is 177 Å². The molecule has 1 aromatic carbocycles. The zero-order valence-electron chi connectivity index (χ0n) is 16.1. The number of guanidine groups is 1. The van der Waals surface area contributed by atoms with Crippen molar-refractivity contribution in [3.63, 3.8) is 0 Å². The minimum Gasteiger partial charge on any atom is -0.444 e. The molecule has 0 saturated heterocycles. The molecule has 0 unspecified atom stereocenters. The van der Waals surface area contributed by atoms with Crippen LogP contribution in [0.4, 0.5) is 0 Å². The van der Waals surface area contributed by atoms with Crippen molar-refractivity contribution in [3.05, 3.63) is 41.8 Å². The van der Waals surface area contributed by atoms with Crippen molar-refractivity contribution in [2.45, 2.75) is 39.0 Å². The molecule has 0 aliphatic rings. The number of thioether (sulfide) groups is 1. The maximum absolute atomic E-state index is 5.59. The molecule has 2 N–H and O–H groups in total. The van der Waals surface area contributed by atoms with Crippen LogP contribution in [-0.2, 0) is 6.54 Å². The van der Waals surface area contributed by atoms with Gasteiger partial charge in [-0.1, -0.05) is 17.7 Å². The zero-order valence-corrected chi connectivity index (χ0v) is 19.3. The molecule has 1 heterocycles. The standard InChI is InChI=1S/C19H28N4OS.HI/c1-6-20-18(22-13-19(3,4)25-5)21-11-16-12-24-17(23-16)15-9-7-14(2)8-10-15;/h7-10,12H,6,11,13H2,1-5H3,(H2,20,21,22);1H. The Bertz CT molecular complexity index is 698. The Morgan fingerprint density at radius 2 is 1.92 bits per heavy atom. The molecular formula is C19H29IN4OS. The zero-order chi connectivity index (χ0) is 18.3. The fourth-order valence-corrected chi connectivity index (χ4v) is 2.30. The van der Waals surface area contributed by atoms with Gasteiger partial charge in [-0.25, -0.2) is 9.98 Å². The molecule has 0 fully saturated rings. The molecule has 2 rings (SSSR count). The summed E-state index contributed by atoms with van der Waals surface area (Å²) in [7, 11) is 0. The second kappa shape index (κ2) is 10.8. The number of oxazole rings is 1. The molecule has 0 bridgehead atoms. The van der Waals surface area contributed by atoms with Crippen molar-refractivity contribution in [1.29, 1.82) is 0 Å². The SMILES string of the molecule is CCNC(=NCc1coc(-c2ccc(C)cc2)n1)NCC(C)(C)SC.I. The minimum atomic E-state index is 0. The van der Waals surface area contributed by atoms with Gasteiger partial charge in [0.1, 0.15) is 12.0 Å². The van der Waals surface area contributed by atoms with Crippen LogP contribution in [0.15, 0.2) is 39.9 Å². The normalized spacial score (nSPS) is 11.8. The number of rotatable bonds is 7. The quantitative estimate of drug-likeness (QED) is 0.342. The molecule has 0 atom stereocenters. The molecule has 0 spiro atoms. The third-order valence-corrected chi connectivity index (χ3v) is 5.08. The first-order chi connectivity index (χ1) is 11.9. The van der Waals surface area contributed by atoms with Gasteiger partial charge in [0, 0.05) is 23.4 Å². The molecule has 0 radical (unpaired) electrons. The van der Waals surface area contributed by atoms with Gasteiger partial charge in [-0.05, 0) is 46.1 Å². The van der Waals surface area contributed by atoms with Gasteiger partial charge in [-0.2, -0.15) is 11.8 Å². The van der Waals surface area contributed by atoms with E-state index in [1.807, 2.05) is 23.9 Å². The van der Waals surface area contributed by atoms with E-state index in [9.17, 15) is 0 Å². The lowest BCUT2D eigenvalue weighted by molar-refractivity contribution is 0.572. The van der Waals surface area contributed by atoms with Gasteiger partial charge in [0.05, 0.1) is 6.54 Å². The van der Waals surface area contributed by atoms with Crippen molar-refractivity contribution >= 4 is 41.7 Å². The third-order valence-electron chi connectivity index (χ3n) is 3.83. The summed E-state index contributed by atoms with van der Waals surface area (Å²) in [6.45, 7) is 10.7. The highest BCUT2D eigenvalue weighted by atomic mass is 127. The Kier molecular flexibility index (Phi) is 9.49. The Morgan fingerprint density at radius 1 is 1.23 bits per heavy atom. The van der Waals surface area contributed by atoms with Crippen molar-refractivity contribution < 1.29 is 4.42 Å². The van der Waals surface area contributed by atoms with E-state index in [0.29, 0.717) is 12.4 Å². The summed E-state index contributed by atoms with van der Waals surface area (Å²) in [5.74, 6) is 1.43. The molecule has 0 saturated carbocycles. The van der Waals surface area contributed by atoms with E-state index in [1.54, 1.807) is 6.26 Å². The average Bonchev–Trinajstić information content (AvgIpc) is 3.07. The first kappa shape index (κ1) is 22.8. The number of hydrogen-bond acceptors (Lipinski definition) is 4. The van der Waals surface area contributed by atoms with Gasteiger partial charge in [0.25, 0.3) is 0 Å². The summed E-state index contributed by atoms with van der Waals surface area (Å²) < 4.78 is 5.75. The van der Waals surface area contributed by atoms with Gasteiger partial charge < -0.3 is 15.1 Å². The number of aromatic nitrogens is 1. The van der Waals surface area contributed by atoms with Gasteiger partial charge in [0.15, 0.2) is 5.96 Å². The topological polar surface area (TPSA) is 62.5 Å². The highest BCUT2D eigenvalue weighted by Crippen LogP contribution is 2.20. The summed E-state index contributed by atoms with van der Waals surface area (Å²) in [4.78, 5) is 9.14. The molecule has 1 aromatic heterocycles. The largest absolute Gasteiger partial charge is 0.444 e. The van der Waals surface area contributed by atoms with Crippen LogP contribution < -0.4 is 10.6 Å². The summed E-state index contributed by atoms with van der Waals surface area (Å²) in [6, 6.07) is 8.14. The van der Waals surface area contributed by atoms with Gasteiger partial charge in [0.2, 0.25) is 5.89 Å². The van der Waals surface area contributed by atoms with E-state index < -0.39 is 0 Å². The van der Waals surface area contributed by atoms with Crippen molar-refractivity contribution in [2.24, 2.45) is 4.99 Å². The van der Waals surface area contributed by atoms with Crippen LogP contribution in [0.1, 0.15) is 32.0 Å². The molecule has 0 amide bonds. The molecule has 2 aromatic rings. The Balaban J connectivity index is 0.00000338. The fourth-order valence-electron chi connectivity index (χ4n) is 2.08. The molecule has 26 heavy (non-hydrogen) atoms. The number of benzene rings is 1. The first-order valence-corrected chi connectivity index (χ1v) is 9.75.